The van der Waals surface area contributed by atoms with E-state index in [1.807, 2.05) is 19.1 Å². The van der Waals surface area contributed by atoms with Crippen molar-refractivity contribution in [2.75, 3.05) is 26.8 Å². The van der Waals surface area contributed by atoms with E-state index in [0.717, 1.165) is 31.7 Å². The lowest BCUT2D eigenvalue weighted by Crippen LogP contribution is -2.37. The molecule has 0 aliphatic heterocycles. The van der Waals surface area contributed by atoms with Crippen molar-refractivity contribution in [2.24, 2.45) is 4.99 Å². The monoisotopic (exact) mass is 479 g/mol. The molecule has 2 N–H and O–H groups in total. The summed E-state index contributed by atoms with van der Waals surface area (Å²) in [5.74, 6) is 1.66. The largest absolute Gasteiger partial charge is 0.382 e. The first-order valence-corrected chi connectivity index (χ1v) is 8.21. The average molecular weight is 480 g/mol. The summed E-state index contributed by atoms with van der Waals surface area (Å²) in [6.07, 6.45) is 0.911. The van der Waals surface area contributed by atoms with Crippen LogP contribution in [0.4, 0.5) is 0 Å². The van der Waals surface area contributed by atoms with Crippen molar-refractivity contribution >= 4 is 41.5 Å². The smallest absolute Gasteiger partial charge is 0.246 e. The molecule has 2 rings (SSSR count). The maximum absolute atomic E-state index is 5.97. The summed E-state index contributed by atoms with van der Waals surface area (Å²) in [6.45, 7) is 4.61. The molecule has 9 heteroatoms. The van der Waals surface area contributed by atoms with Crippen LogP contribution in [0.3, 0.4) is 0 Å². The minimum Gasteiger partial charge on any atom is -0.382 e. The summed E-state index contributed by atoms with van der Waals surface area (Å²) in [6, 6.07) is 7.32. The maximum atomic E-state index is 5.97. The molecule has 0 aliphatic rings. The number of nitrogens with zero attached hydrogens (tertiary/aromatic N) is 3. The predicted molar refractivity (Wildman–Crippen MR) is 109 cm³/mol. The lowest BCUT2D eigenvalue weighted by Gasteiger charge is -2.10. The zero-order valence-corrected chi connectivity index (χ0v) is 17.4. The van der Waals surface area contributed by atoms with Crippen LogP contribution in [0.2, 0.25) is 5.02 Å². The number of halogens is 2. The van der Waals surface area contributed by atoms with E-state index in [-0.39, 0.29) is 24.0 Å². The molecule has 0 saturated heterocycles. The molecule has 7 nitrogen and oxygen atoms in total. The van der Waals surface area contributed by atoms with Gasteiger partial charge in [-0.25, -0.2) is 0 Å². The fourth-order valence-corrected chi connectivity index (χ4v) is 2.17. The summed E-state index contributed by atoms with van der Waals surface area (Å²) in [5.41, 5.74) is 0.816. The first-order valence-electron chi connectivity index (χ1n) is 7.83. The fourth-order valence-electron chi connectivity index (χ4n) is 1.98. The second-order valence-corrected chi connectivity index (χ2v) is 5.36. The Morgan fingerprint density at radius 3 is 2.92 bits per heavy atom. The molecule has 0 aliphatic carbocycles. The first kappa shape index (κ1) is 21.7. The van der Waals surface area contributed by atoms with Gasteiger partial charge >= 0.3 is 0 Å². The zero-order valence-electron chi connectivity index (χ0n) is 14.3. The average Bonchev–Trinajstić information content (AvgIpc) is 3.06. The molecule has 0 atom stereocenters. The Morgan fingerprint density at radius 2 is 2.20 bits per heavy atom. The molecular formula is C16H23ClIN5O2. The molecule has 0 unspecified atom stereocenters. The van der Waals surface area contributed by atoms with Crippen LogP contribution in [0.25, 0.3) is 11.4 Å². The van der Waals surface area contributed by atoms with Gasteiger partial charge in [0, 0.05) is 37.4 Å². The van der Waals surface area contributed by atoms with Crippen LogP contribution in [-0.4, -0.2) is 42.9 Å². The third kappa shape index (κ3) is 7.57. The Morgan fingerprint density at radius 1 is 1.36 bits per heavy atom. The number of hydrogen-bond donors (Lipinski definition) is 2. The van der Waals surface area contributed by atoms with Gasteiger partial charge in [0.05, 0.1) is 6.54 Å². The molecule has 25 heavy (non-hydrogen) atoms. The Bertz CT molecular complexity index is 665. The van der Waals surface area contributed by atoms with Gasteiger partial charge in [0.25, 0.3) is 0 Å². The van der Waals surface area contributed by atoms with E-state index in [9.17, 15) is 0 Å². The van der Waals surface area contributed by atoms with Crippen molar-refractivity contribution in [3.8, 4) is 11.4 Å². The van der Waals surface area contributed by atoms with Crippen LogP contribution in [0.1, 0.15) is 19.2 Å². The molecule has 0 radical (unpaired) electrons. The van der Waals surface area contributed by atoms with E-state index in [0.29, 0.717) is 29.2 Å². The maximum Gasteiger partial charge on any atom is 0.246 e. The number of ether oxygens (including phenoxy) is 1. The molecule has 1 aromatic heterocycles. The van der Waals surface area contributed by atoms with Crippen LogP contribution in [0.5, 0.6) is 0 Å². The topological polar surface area (TPSA) is 84.6 Å². The lowest BCUT2D eigenvalue weighted by atomic mass is 10.2. The second-order valence-electron chi connectivity index (χ2n) is 4.93. The highest BCUT2D eigenvalue weighted by molar-refractivity contribution is 14.0. The molecule has 0 bridgehead atoms. The second kappa shape index (κ2) is 12.0. The molecule has 0 amide bonds. The summed E-state index contributed by atoms with van der Waals surface area (Å²) in [4.78, 5) is 8.49. The summed E-state index contributed by atoms with van der Waals surface area (Å²) < 4.78 is 10.5. The van der Waals surface area contributed by atoms with Crippen LogP contribution < -0.4 is 10.6 Å². The quantitative estimate of drug-likeness (QED) is 0.262. The van der Waals surface area contributed by atoms with Gasteiger partial charge in [-0.15, -0.1) is 24.0 Å². The van der Waals surface area contributed by atoms with E-state index in [2.05, 4.69) is 25.8 Å². The van der Waals surface area contributed by atoms with E-state index in [1.165, 1.54) is 0 Å². The summed E-state index contributed by atoms with van der Waals surface area (Å²) >= 11 is 5.97. The molecule has 2 aromatic rings. The number of benzene rings is 1. The molecule has 1 heterocycles. The standard InChI is InChI=1S/C16H22ClN5O2.HI/c1-3-23-9-5-8-19-16(18-2)20-11-14-21-15(22-24-14)12-6-4-7-13(17)10-12;/h4,6-7,10H,3,5,8-9,11H2,1-2H3,(H2,18,19,20);1H. The fraction of sp³-hybridized carbons (Fsp3) is 0.438. The Hall–Kier alpha value is -1.39. The number of aromatic nitrogens is 2. The van der Waals surface area contributed by atoms with E-state index < -0.39 is 0 Å². The number of hydrogen-bond acceptors (Lipinski definition) is 5. The molecule has 1 aromatic carbocycles. The van der Waals surface area contributed by atoms with Crippen LogP contribution in [0.15, 0.2) is 33.8 Å². The normalized spacial score (nSPS) is 11.1. The van der Waals surface area contributed by atoms with Gasteiger partial charge in [0.15, 0.2) is 5.96 Å². The van der Waals surface area contributed by atoms with Gasteiger partial charge in [-0.3, -0.25) is 4.99 Å². The highest BCUT2D eigenvalue weighted by Gasteiger charge is 2.09. The first-order chi connectivity index (χ1) is 11.7. The zero-order chi connectivity index (χ0) is 17.2. The minimum absolute atomic E-state index is 0. The third-order valence-electron chi connectivity index (χ3n) is 3.14. The summed E-state index contributed by atoms with van der Waals surface area (Å²) in [7, 11) is 1.71. The number of aliphatic imine (C=N–C) groups is 1. The van der Waals surface area contributed by atoms with Gasteiger partial charge in [-0.1, -0.05) is 28.9 Å². The van der Waals surface area contributed by atoms with Gasteiger partial charge in [0.1, 0.15) is 0 Å². The molecular weight excluding hydrogens is 457 g/mol. The minimum atomic E-state index is 0. The van der Waals surface area contributed by atoms with E-state index in [1.54, 1.807) is 19.2 Å². The molecule has 0 saturated carbocycles. The lowest BCUT2D eigenvalue weighted by molar-refractivity contribution is 0.145. The van der Waals surface area contributed by atoms with Crippen molar-refractivity contribution in [3.05, 3.63) is 35.2 Å². The summed E-state index contributed by atoms with van der Waals surface area (Å²) in [5, 5.41) is 10.9. The number of guanidine groups is 1. The molecule has 0 spiro atoms. The molecule has 138 valence electrons. The van der Waals surface area contributed by atoms with Crippen molar-refractivity contribution < 1.29 is 9.26 Å². The Balaban J connectivity index is 0.00000312. The predicted octanol–water partition coefficient (Wildman–Crippen LogP) is 3.10. The van der Waals surface area contributed by atoms with Crippen molar-refractivity contribution in [2.45, 2.75) is 19.9 Å². The van der Waals surface area contributed by atoms with E-state index in [4.69, 9.17) is 20.9 Å². The third-order valence-corrected chi connectivity index (χ3v) is 3.38. The van der Waals surface area contributed by atoms with Crippen LogP contribution in [0, 0.1) is 0 Å². The van der Waals surface area contributed by atoms with Crippen molar-refractivity contribution in [1.82, 2.24) is 20.8 Å². The highest BCUT2D eigenvalue weighted by atomic mass is 127. The number of nitrogens with one attached hydrogen (secondary N) is 2. The SMILES string of the molecule is CCOCCCNC(=NC)NCc1nc(-c2cccc(Cl)c2)no1.I. The number of rotatable bonds is 8. The van der Waals surface area contributed by atoms with Crippen molar-refractivity contribution in [3.63, 3.8) is 0 Å². The highest BCUT2D eigenvalue weighted by Crippen LogP contribution is 2.19. The van der Waals surface area contributed by atoms with Gasteiger partial charge in [-0.2, -0.15) is 4.98 Å². The van der Waals surface area contributed by atoms with Crippen LogP contribution in [-0.2, 0) is 11.3 Å². The van der Waals surface area contributed by atoms with Gasteiger partial charge in [-0.05, 0) is 25.5 Å². The van der Waals surface area contributed by atoms with E-state index >= 15 is 0 Å². The Kier molecular flexibility index (Phi) is 10.4. The van der Waals surface area contributed by atoms with Crippen LogP contribution >= 0.6 is 35.6 Å². The Labute approximate surface area is 169 Å². The van der Waals surface area contributed by atoms with Gasteiger partial charge in [0.2, 0.25) is 11.7 Å². The molecule has 0 fully saturated rings. The van der Waals surface area contributed by atoms with Crippen molar-refractivity contribution in [1.29, 1.82) is 0 Å². The van der Waals surface area contributed by atoms with Gasteiger partial charge < -0.3 is 19.9 Å².